The van der Waals surface area contributed by atoms with Crippen LogP contribution in [0.15, 0.2) is 66.7 Å². The molecule has 2 atom stereocenters. The van der Waals surface area contributed by atoms with Crippen molar-refractivity contribution in [3.8, 4) is 17.2 Å². The van der Waals surface area contributed by atoms with Crippen molar-refractivity contribution < 1.29 is 19.1 Å². The number of hydrogen-bond donors (Lipinski definition) is 0. The Kier molecular flexibility index (Phi) is 10.1. The highest BCUT2D eigenvalue weighted by atomic mass is 31.0. The average Bonchev–Trinajstić information content (AvgIpc) is 2.83. The third-order valence-corrected chi connectivity index (χ3v) is 5.68. The van der Waals surface area contributed by atoms with E-state index in [0.29, 0.717) is 17.2 Å². The summed E-state index contributed by atoms with van der Waals surface area (Å²) in [5.41, 5.74) is 3.87. The minimum atomic E-state index is -0.371. The van der Waals surface area contributed by atoms with E-state index in [-0.39, 0.29) is 5.97 Å². The van der Waals surface area contributed by atoms with Crippen LogP contribution >= 0.6 is 9.24 Å². The van der Waals surface area contributed by atoms with Crippen LogP contribution in [0.2, 0.25) is 0 Å². The lowest BCUT2D eigenvalue weighted by Gasteiger charge is -2.11. The molecule has 3 rings (SSSR count). The zero-order valence-corrected chi connectivity index (χ0v) is 20.1. The monoisotopic (exact) mass is 450 g/mol. The molecule has 0 fully saturated rings. The Bertz CT molecular complexity index is 997. The summed E-state index contributed by atoms with van der Waals surface area (Å²) < 4.78 is 11.5. The molecule has 168 valence electrons. The number of aryl methyl sites for hydroxylation is 1. The molecule has 5 heteroatoms. The number of rotatable bonds is 8. The van der Waals surface area contributed by atoms with Crippen molar-refractivity contribution in [1.29, 1.82) is 0 Å². The quantitative estimate of drug-likeness (QED) is 0.215. The minimum absolute atomic E-state index is 0.371. The fourth-order valence-corrected chi connectivity index (χ4v) is 3.39. The van der Waals surface area contributed by atoms with Crippen LogP contribution in [-0.2, 0) is 17.4 Å². The number of ether oxygens (including phenoxy) is 2. The molecule has 0 N–H and O–H groups in total. The summed E-state index contributed by atoms with van der Waals surface area (Å²) in [4.78, 5) is 20.6. The molecule has 0 radical (unpaired) electrons. The third kappa shape index (κ3) is 7.32. The highest BCUT2D eigenvalue weighted by molar-refractivity contribution is 7.15. The molecule has 0 spiro atoms. The zero-order chi connectivity index (χ0) is 23.5. The van der Waals surface area contributed by atoms with Gasteiger partial charge in [-0.1, -0.05) is 44.5 Å². The Hall–Kier alpha value is -2.97. The molecule has 32 heavy (non-hydrogen) atoms. The first kappa shape index (κ1) is 25.3. The topological polar surface area (TPSA) is 52.6 Å². The standard InChI is InChI=1S/C26H29O3P.CH2O/c1-4-18(2)15-20-5-10-24(11-6-20)29-26(27)22-9-14-25(19(3)16-22)28-23-12-7-21(17-30)8-13-23;1-2/h5-14,16,18H,4,15,17,30H2,1-3H3;1H2. The molecule has 0 saturated carbocycles. The highest BCUT2D eigenvalue weighted by Crippen LogP contribution is 2.27. The van der Waals surface area contributed by atoms with Gasteiger partial charge in [-0.2, -0.15) is 0 Å². The first-order valence-electron chi connectivity index (χ1n) is 10.7. The summed E-state index contributed by atoms with van der Waals surface area (Å²) in [6.45, 7) is 8.36. The maximum absolute atomic E-state index is 12.6. The highest BCUT2D eigenvalue weighted by Gasteiger charge is 2.12. The van der Waals surface area contributed by atoms with Gasteiger partial charge in [0.1, 0.15) is 24.0 Å². The van der Waals surface area contributed by atoms with Gasteiger partial charge in [0.2, 0.25) is 0 Å². The van der Waals surface area contributed by atoms with Crippen LogP contribution in [0.5, 0.6) is 17.2 Å². The predicted molar refractivity (Wildman–Crippen MR) is 133 cm³/mol. The molecule has 0 aliphatic carbocycles. The Morgan fingerprint density at radius 1 is 0.938 bits per heavy atom. The summed E-state index contributed by atoms with van der Waals surface area (Å²) in [5, 5.41) is 0. The maximum atomic E-state index is 12.6. The predicted octanol–water partition coefficient (Wildman–Crippen LogP) is 6.79. The van der Waals surface area contributed by atoms with Crippen molar-refractivity contribution in [2.24, 2.45) is 5.92 Å². The van der Waals surface area contributed by atoms with Crippen molar-refractivity contribution in [1.82, 2.24) is 0 Å². The second-order valence-corrected chi connectivity index (χ2v) is 8.09. The van der Waals surface area contributed by atoms with Crippen molar-refractivity contribution in [3.05, 3.63) is 89.0 Å². The molecule has 0 amide bonds. The Balaban J connectivity index is 0.00000176. The van der Waals surface area contributed by atoms with Gasteiger partial charge >= 0.3 is 5.97 Å². The Morgan fingerprint density at radius 2 is 1.53 bits per heavy atom. The smallest absolute Gasteiger partial charge is 0.343 e. The summed E-state index contributed by atoms with van der Waals surface area (Å²) in [5.74, 6) is 2.32. The molecule has 3 aromatic carbocycles. The van der Waals surface area contributed by atoms with Gasteiger partial charge in [-0.3, -0.25) is 0 Å². The molecule has 0 bridgehead atoms. The van der Waals surface area contributed by atoms with Crippen LogP contribution in [0.1, 0.15) is 47.3 Å². The van der Waals surface area contributed by atoms with Gasteiger partial charge < -0.3 is 14.3 Å². The van der Waals surface area contributed by atoms with E-state index in [1.54, 1.807) is 12.1 Å². The number of hydrogen-bond acceptors (Lipinski definition) is 4. The van der Waals surface area contributed by atoms with Crippen molar-refractivity contribution in [2.75, 3.05) is 0 Å². The van der Waals surface area contributed by atoms with Crippen LogP contribution in [-0.4, -0.2) is 12.8 Å². The van der Waals surface area contributed by atoms with Gasteiger partial charge in [-0.15, -0.1) is 9.24 Å². The lowest BCUT2D eigenvalue weighted by Crippen LogP contribution is -2.09. The fourth-order valence-electron chi connectivity index (χ4n) is 3.12. The van der Waals surface area contributed by atoms with Crippen LogP contribution in [0, 0.1) is 12.8 Å². The molecule has 0 aromatic heterocycles. The average molecular weight is 451 g/mol. The molecular formula is C27H31O4P. The van der Waals surface area contributed by atoms with Crippen molar-refractivity contribution >= 4 is 22.0 Å². The number of esters is 1. The van der Waals surface area contributed by atoms with E-state index in [1.807, 2.05) is 68.3 Å². The van der Waals surface area contributed by atoms with Crippen LogP contribution in [0.25, 0.3) is 0 Å². The summed E-state index contributed by atoms with van der Waals surface area (Å²) in [6.07, 6.45) is 3.10. The van der Waals surface area contributed by atoms with Gasteiger partial charge in [-0.25, -0.2) is 4.79 Å². The second-order valence-electron chi connectivity index (χ2n) is 7.68. The van der Waals surface area contributed by atoms with Crippen LogP contribution in [0.3, 0.4) is 0 Å². The van der Waals surface area contributed by atoms with Gasteiger partial charge in [0.15, 0.2) is 0 Å². The molecule has 4 nitrogen and oxygen atoms in total. The third-order valence-electron chi connectivity index (χ3n) is 5.21. The van der Waals surface area contributed by atoms with Gasteiger partial charge in [-0.05, 0) is 84.6 Å². The van der Waals surface area contributed by atoms with E-state index in [1.165, 1.54) is 11.1 Å². The molecule has 0 saturated heterocycles. The Labute approximate surface area is 193 Å². The number of benzene rings is 3. The second kappa shape index (κ2) is 12.8. The lowest BCUT2D eigenvalue weighted by molar-refractivity contribution is -0.0980. The van der Waals surface area contributed by atoms with Crippen molar-refractivity contribution in [3.63, 3.8) is 0 Å². The van der Waals surface area contributed by atoms with Crippen molar-refractivity contribution in [2.45, 2.75) is 39.8 Å². The molecule has 3 aromatic rings. The lowest BCUT2D eigenvalue weighted by atomic mass is 9.99. The number of carbonyl (C=O) groups excluding carboxylic acids is 2. The fraction of sp³-hybridized carbons (Fsp3) is 0.259. The SMILES string of the molecule is C=O.CCC(C)Cc1ccc(OC(=O)c2ccc(Oc3ccc(CP)cc3)c(C)c2)cc1. The first-order chi connectivity index (χ1) is 15.5. The van der Waals surface area contributed by atoms with E-state index in [9.17, 15) is 4.79 Å². The Morgan fingerprint density at radius 3 is 2.09 bits per heavy atom. The van der Waals surface area contributed by atoms with E-state index in [4.69, 9.17) is 14.3 Å². The summed E-state index contributed by atoms with van der Waals surface area (Å²) in [6, 6.07) is 21.1. The zero-order valence-electron chi connectivity index (χ0n) is 19.0. The van der Waals surface area contributed by atoms with E-state index in [0.717, 1.165) is 36.1 Å². The van der Waals surface area contributed by atoms with Crippen LogP contribution in [0.4, 0.5) is 0 Å². The normalized spacial score (nSPS) is 11.1. The molecule has 0 heterocycles. The largest absolute Gasteiger partial charge is 0.457 e. The summed E-state index contributed by atoms with van der Waals surface area (Å²) in [7, 11) is 2.71. The van der Waals surface area contributed by atoms with E-state index < -0.39 is 0 Å². The maximum Gasteiger partial charge on any atom is 0.343 e. The first-order valence-corrected chi connectivity index (χ1v) is 11.5. The van der Waals surface area contributed by atoms with Crippen LogP contribution < -0.4 is 9.47 Å². The summed E-state index contributed by atoms with van der Waals surface area (Å²) >= 11 is 0. The van der Waals surface area contributed by atoms with E-state index >= 15 is 0 Å². The molecule has 2 unspecified atom stereocenters. The molecule has 0 aliphatic rings. The molecule has 0 aliphatic heterocycles. The molecular weight excluding hydrogens is 419 g/mol. The van der Waals surface area contributed by atoms with Gasteiger partial charge in [0, 0.05) is 0 Å². The minimum Gasteiger partial charge on any atom is -0.457 e. The number of carbonyl (C=O) groups is 2. The van der Waals surface area contributed by atoms with Gasteiger partial charge in [0.05, 0.1) is 5.56 Å². The van der Waals surface area contributed by atoms with Gasteiger partial charge in [0.25, 0.3) is 0 Å². The van der Waals surface area contributed by atoms with E-state index in [2.05, 4.69) is 23.1 Å².